The van der Waals surface area contributed by atoms with E-state index < -0.39 is 47.6 Å². The number of aliphatic hydroxyl groups is 1. The van der Waals surface area contributed by atoms with Crippen LogP contribution in [0.2, 0.25) is 0 Å². The first-order valence-electron chi connectivity index (χ1n) is 5.66. The highest BCUT2D eigenvalue weighted by Crippen LogP contribution is 2.36. The zero-order chi connectivity index (χ0) is 16.4. The first kappa shape index (κ1) is 17.3. The Morgan fingerprint density at radius 3 is 1.86 bits per heavy atom. The number of alkyl halides is 6. The predicted molar refractivity (Wildman–Crippen MR) is 60.5 cm³/mol. The summed E-state index contributed by atoms with van der Waals surface area (Å²) in [6.45, 7) is 0.840. The molecular weight excluding hydrogens is 304 g/mol. The lowest BCUT2D eigenvalue weighted by molar-refractivity contribution is -0.143. The molecule has 0 saturated heterocycles. The van der Waals surface area contributed by atoms with E-state index in [-0.39, 0.29) is 6.07 Å². The SMILES string of the molecule is CC(CO)NC(=O)c1cc(C(F)(F)F)cc(C(F)(F)F)c1. The van der Waals surface area contributed by atoms with Crippen LogP contribution in [0.5, 0.6) is 0 Å². The molecule has 0 bridgehead atoms. The molecule has 0 aliphatic rings. The lowest BCUT2D eigenvalue weighted by Crippen LogP contribution is -2.35. The van der Waals surface area contributed by atoms with Crippen molar-refractivity contribution < 1.29 is 36.2 Å². The standard InChI is InChI=1S/C12H11F6NO2/c1-6(5-20)19-10(21)7-2-8(11(13,14)15)4-9(3-7)12(16,17)18/h2-4,6,20H,5H2,1H3,(H,19,21). The van der Waals surface area contributed by atoms with Crippen LogP contribution in [0.1, 0.15) is 28.4 Å². The van der Waals surface area contributed by atoms with Crippen LogP contribution < -0.4 is 5.32 Å². The van der Waals surface area contributed by atoms with Gasteiger partial charge >= 0.3 is 12.4 Å². The Labute approximate surface area is 115 Å². The summed E-state index contributed by atoms with van der Waals surface area (Å²) in [6.07, 6.45) is -10.0. The van der Waals surface area contributed by atoms with Crippen LogP contribution in [-0.2, 0) is 12.4 Å². The summed E-state index contributed by atoms with van der Waals surface area (Å²) < 4.78 is 75.5. The zero-order valence-corrected chi connectivity index (χ0v) is 10.6. The van der Waals surface area contributed by atoms with Gasteiger partial charge in [0.05, 0.1) is 17.7 Å². The maximum Gasteiger partial charge on any atom is 0.416 e. The molecule has 0 aromatic heterocycles. The topological polar surface area (TPSA) is 49.3 Å². The molecule has 0 heterocycles. The van der Waals surface area contributed by atoms with Crippen molar-refractivity contribution in [2.75, 3.05) is 6.61 Å². The predicted octanol–water partition coefficient (Wildman–Crippen LogP) is 2.83. The molecule has 1 atom stereocenters. The molecule has 0 saturated carbocycles. The van der Waals surface area contributed by atoms with Gasteiger partial charge in [-0.15, -0.1) is 0 Å². The molecule has 0 aliphatic carbocycles. The van der Waals surface area contributed by atoms with Crippen molar-refractivity contribution in [1.82, 2.24) is 5.32 Å². The van der Waals surface area contributed by atoms with Gasteiger partial charge in [0.15, 0.2) is 0 Å². The number of nitrogens with one attached hydrogen (secondary N) is 1. The van der Waals surface area contributed by atoms with Gasteiger partial charge in [0, 0.05) is 11.6 Å². The quantitative estimate of drug-likeness (QED) is 0.843. The second-order valence-corrected chi connectivity index (χ2v) is 4.35. The van der Waals surface area contributed by atoms with Crippen molar-refractivity contribution in [1.29, 1.82) is 0 Å². The van der Waals surface area contributed by atoms with Gasteiger partial charge < -0.3 is 10.4 Å². The molecule has 0 fully saturated rings. The van der Waals surface area contributed by atoms with Gasteiger partial charge in [-0.25, -0.2) is 0 Å². The fourth-order valence-electron chi connectivity index (χ4n) is 1.44. The summed E-state index contributed by atoms with van der Waals surface area (Å²) in [5.74, 6) is -1.13. The average Bonchev–Trinajstić information content (AvgIpc) is 2.35. The van der Waals surface area contributed by atoms with Crippen molar-refractivity contribution in [2.45, 2.75) is 25.3 Å². The highest BCUT2D eigenvalue weighted by molar-refractivity contribution is 5.94. The maximum absolute atomic E-state index is 12.6. The monoisotopic (exact) mass is 315 g/mol. The highest BCUT2D eigenvalue weighted by Gasteiger charge is 2.37. The third kappa shape index (κ3) is 4.62. The molecule has 1 aromatic carbocycles. The van der Waals surface area contributed by atoms with E-state index in [4.69, 9.17) is 5.11 Å². The maximum atomic E-state index is 12.6. The highest BCUT2D eigenvalue weighted by atomic mass is 19.4. The summed E-state index contributed by atoms with van der Waals surface area (Å²) in [7, 11) is 0. The molecule has 0 aliphatic heterocycles. The molecule has 1 unspecified atom stereocenters. The van der Waals surface area contributed by atoms with E-state index in [1.54, 1.807) is 0 Å². The Kier molecular flexibility index (Phi) is 4.87. The second-order valence-electron chi connectivity index (χ2n) is 4.35. The minimum atomic E-state index is -5.01. The third-order valence-electron chi connectivity index (χ3n) is 2.50. The van der Waals surface area contributed by atoms with Crippen LogP contribution in [0.15, 0.2) is 18.2 Å². The molecule has 3 nitrogen and oxygen atoms in total. The molecule has 0 spiro atoms. The summed E-state index contributed by atoms with van der Waals surface area (Å²) in [6, 6.07) is -0.211. The number of rotatable bonds is 3. The molecule has 1 rings (SSSR count). The number of carbonyl (C=O) groups is 1. The lowest BCUT2D eigenvalue weighted by Gasteiger charge is -2.15. The number of benzene rings is 1. The van der Waals surface area contributed by atoms with Gasteiger partial charge in [-0.2, -0.15) is 26.3 Å². The summed E-state index contributed by atoms with van der Waals surface area (Å²) in [5, 5.41) is 10.8. The first-order valence-corrected chi connectivity index (χ1v) is 5.66. The van der Waals surface area contributed by atoms with Crippen molar-refractivity contribution >= 4 is 5.91 Å². The molecule has 1 aromatic rings. The third-order valence-corrected chi connectivity index (χ3v) is 2.50. The Hall–Kier alpha value is -1.77. The number of hydrogen-bond acceptors (Lipinski definition) is 2. The van der Waals surface area contributed by atoms with Gasteiger partial charge in [0.2, 0.25) is 0 Å². The van der Waals surface area contributed by atoms with Crippen molar-refractivity contribution in [3.05, 3.63) is 34.9 Å². The van der Waals surface area contributed by atoms with E-state index in [1.165, 1.54) is 6.92 Å². The van der Waals surface area contributed by atoms with Crippen LogP contribution >= 0.6 is 0 Å². The molecule has 21 heavy (non-hydrogen) atoms. The van der Waals surface area contributed by atoms with Gasteiger partial charge in [-0.3, -0.25) is 4.79 Å². The normalized spacial score (nSPS) is 13.9. The van der Waals surface area contributed by atoms with Gasteiger partial charge in [0.25, 0.3) is 5.91 Å². The van der Waals surface area contributed by atoms with Gasteiger partial charge in [0.1, 0.15) is 0 Å². The fraction of sp³-hybridized carbons (Fsp3) is 0.417. The first-order chi connectivity index (χ1) is 9.45. The average molecular weight is 315 g/mol. The van der Waals surface area contributed by atoms with Crippen molar-refractivity contribution in [3.63, 3.8) is 0 Å². The van der Waals surface area contributed by atoms with Gasteiger partial charge in [-0.1, -0.05) is 0 Å². The number of carbonyl (C=O) groups excluding carboxylic acids is 1. The number of aliphatic hydroxyl groups excluding tert-OH is 1. The van der Waals surface area contributed by atoms with Crippen molar-refractivity contribution in [2.24, 2.45) is 0 Å². The molecule has 118 valence electrons. The Bertz CT molecular complexity index is 491. The molecule has 0 radical (unpaired) electrons. The lowest BCUT2D eigenvalue weighted by atomic mass is 10.0. The van der Waals surface area contributed by atoms with Crippen LogP contribution in [0.25, 0.3) is 0 Å². The van der Waals surface area contributed by atoms with E-state index >= 15 is 0 Å². The van der Waals surface area contributed by atoms with E-state index in [1.807, 2.05) is 0 Å². The molecule has 2 N–H and O–H groups in total. The minimum absolute atomic E-state index is 0.0632. The Balaban J connectivity index is 3.29. The Morgan fingerprint density at radius 1 is 1.10 bits per heavy atom. The van der Waals surface area contributed by atoms with Crippen LogP contribution in [0, 0.1) is 0 Å². The van der Waals surface area contributed by atoms with E-state index in [0.717, 1.165) is 0 Å². The largest absolute Gasteiger partial charge is 0.416 e. The number of amides is 1. The van der Waals surface area contributed by atoms with Crippen LogP contribution in [-0.4, -0.2) is 23.7 Å². The van der Waals surface area contributed by atoms with E-state index in [9.17, 15) is 31.1 Å². The zero-order valence-electron chi connectivity index (χ0n) is 10.6. The second kappa shape index (κ2) is 5.92. The summed E-state index contributed by atoms with van der Waals surface area (Å²) >= 11 is 0. The van der Waals surface area contributed by atoms with Gasteiger partial charge in [-0.05, 0) is 25.1 Å². The number of halogens is 6. The molecule has 1 amide bonds. The summed E-state index contributed by atoms with van der Waals surface area (Å²) in [5.41, 5.74) is -3.92. The van der Waals surface area contributed by atoms with E-state index in [0.29, 0.717) is 12.1 Å². The Morgan fingerprint density at radius 2 is 1.52 bits per heavy atom. The van der Waals surface area contributed by atoms with Crippen LogP contribution in [0.4, 0.5) is 26.3 Å². The molecular formula is C12H11F6NO2. The number of hydrogen-bond donors (Lipinski definition) is 2. The minimum Gasteiger partial charge on any atom is -0.394 e. The summed E-state index contributed by atoms with van der Waals surface area (Å²) in [4.78, 5) is 11.6. The molecule has 9 heteroatoms. The van der Waals surface area contributed by atoms with Crippen LogP contribution in [0.3, 0.4) is 0 Å². The van der Waals surface area contributed by atoms with Crippen molar-refractivity contribution in [3.8, 4) is 0 Å². The van der Waals surface area contributed by atoms with E-state index in [2.05, 4.69) is 5.32 Å². The smallest absolute Gasteiger partial charge is 0.394 e. The fourth-order valence-corrected chi connectivity index (χ4v) is 1.44.